The van der Waals surface area contributed by atoms with E-state index in [0.29, 0.717) is 16.3 Å². The van der Waals surface area contributed by atoms with Gasteiger partial charge in [0, 0.05) is 22.2 Å². The van der Waals surface area contributed by atoms with Crippen molar-refractivity contribution in [1.29, 1.82) is 5.26 Å². The molecule has 0 bridgehead atoms. The van der Waals surface area contributed by atoms with Gasteiger partial charge in [-0.15, -0.1) is 11.8 Å². The Morgan fingerprint density at radius 3 is 2.69 bits per heavy atom. The first-order valence-corrected chi connectivity index (χ1v) is 10.5. The number of halogens is 1. The molecule has 1 N–H and O–H groups in total. The predicted octanol–water partition coefficient (Wildman–Crippen LogP) is 4.79. The van der Waals surface area contributed by atoms with E-state index in [-0.39, 0.29) is 35.0 Å². The lowest BCUT2D eigenvalue weighted by Crippen LogP contribution is -2.14. The molecule has 0 aromatic heterocycles. The van der Waals surface area contributed by atoms with Crippen molar-refractivity contribution >= 4 is 29.3 Å². The smallest absolute Gasteiger partial charge is 0.339 e. The highest BCUT2D eigenvalue weighted by Gasteiger charge is 2.15. The third-order valence-electron chi connectivity index (χ3n) is 4.35. The minimum absolute atomic E-state index is 0.0698. The number of nitrogens with one attached hydrogen (secondary N) is 1. The molecular formula is C24H19FN2O4S. The summed E-state index contributed by atoms with van der Waals surface area (Å²) in [4.78, 5) is 25.5. The lowest BCUT2D eigenvalue weighted by molar-refractivity contribution is -0.113. The Labute approximate surface area is 189 Å². The number of thioether (sulfide) groups is 1. The summed E-state index contributed by atoms with van der Waals surface area (Å²) in [7, 11) is 1.54. The lowest BCUT2D eigenvalue weighted by atomic mass is 10.1. The zero-order valence-electron chi connectivity index (χ0n) is 17.1. The summed E-state index contributed by atoms with van der Waals surface area (Å²) in [5.74, 6) is -0.765. The zero-order chi connectivity index (χ0) is 22.9. The van der Waals surface area contributed by atoms with Crippen molar-refractivity contribution in [1.82, 2.24) is 0 Å². The summed E-state index contributed by atoms with van der Waals surface area (Å²) in [6.07, 6.45) is 0. The van der Waals surface area contributed by atoms with Gasteiger partial charge < -0.3 is 14.8 Å². The van der Waals surface area contributed by atoms with Gasteiger partial charge in [0.1, 0.15) is 18.2 Å². The number of methoxy groups -OCH3 is 1. The van der Waals surface area contributed by atoms with Crippen molar-refractivity contribution in [3.63, 3.8) is 0 Å². The average molecular weight is 450 g/mol. The molecule has 3 aromatic carbocycles. The molecule has 0 spiro atoms. The first-order valence-electron chi connectivity index (χ1n) is 9.51. The Balaban J connectivity index is 1.62. The maximum atomic E-state index is 13.9. The zero-order valence-corrected chi connectivity index (χ0v) is 17.9. The molecule has 0 aliphatic heterocycles. The van der Waals surface area contributed by atoms with Crippen LogP contribution in [0.25, 0.3) is 0 Å². The molecule has 32 heavy (non-hydrogen) atoms. The van der Waals surface area contributed by atoms with Crippen molar-refractivity contribution in [2.45, 2.75) is 11.5 Å². The molecular weight excluding hydrogens is 431 g/mol. The van der Waals surface area contributed by atoms with Crippen LogP contribution in [-0.2, 0) is 16.1 Å². The number of esters is 1. The van der Waals surface area contributed by atoms with E-state index in [9.17, 15) is 14.0 Å². The number of anilines is 1. The number of nitriles is 1. The van der Waals surface area contributed by atoms with E-state index in [0.717, 1.165) is 6.07 Å². The van der Waals surface area contributed by atoms with E-state index < -0.39 is 11.8 Å². The summed E-state index contributed by atoms with van der Waals surface area (Å²) in [5.41, 5.74) is 1.25. The summed E-state index contributed by atoms with van der Waals surface area (Å²) in [5, 5.41) is 11.7. The highest BCUT2D eigenvalue weighted by molar-refractivity contribution is 8.00. The Morgan fingerprint density at radius 1 is 1.09 bits per heavy atom. The van der Waals surface area contributed by atoms with E-state index in [1.165, 1.54) is 23.9 Å². The average Bonchev–Trinajstić information content (AvgIpc) is 2.82. The highest BCUT2D eigenvalue weighted by Crippen LogP contribution is 2.25. The van der Waals surface area contributed by atoms with Gasteiger partial charge in [0.05, 0.1) is 30.1 Å². The highest BCUT2D eigenvalue weighted by atomic mass is 32.2. The maximum Gasteiger partial charge on any atom is 0.339 e. The van der Waals surface area contributed by atoms with Crippen LogP contribution < -0.4 is 10.1 Å². The van der Waals surface area contributed by atoms with Gasteiger partial charge in [-0.1, -0.05) is 18.2 Å². The second kappa shape index (κ2) is 11.0. The molecule has 1 amide bonds. The van der Waals surface area contributed by atoms with E-state index in [1.54, 1.807) is 55.6 Å². The van der Waals surface area contributed by atoms with Gasteiger partial charge in [0.25, 0.3) is 0 Å². The molecule has 6 nitrogen and oxygen atoms in total. The van der Waals surface area contributed by atoms with E-state index in [2.05, 4.69) is 5.32 Å². The fourth-order valence-corrected chi connectivity index (χ4v) is 3.62. The first-order chi connectivity index (χ1) is 15.5. The van der Waals surface area contributed by atoms with Crippen LogP contribution in [0.2, 0.25) is 0 Å². The SMILES string of the molecule is COc1cccc(NC(=O)CSc2ccccc2C(=O)OCc2cc(C#N)ccc2F)c1. The monoisotopic (exact) mass is 450 g/mol. The van der Waals surface area contributed by atoms with Gasteiger partial charge in [-0.25, -0.2) is 9.18 Å². The first kappa shape index (κ1) is 22.8. The molecule has 0 atom stereocenters. The molecule has 0 unspecified atom stereocenters. The van der Waals surface area contributed by atoms with Crippen molar-refractivity contribution < 1.29 is 23.5 Å². The lowest BCUT2D eigenvalue weighted by Gasteiger charge is -2.11. The molecule has 0 saturated heterocycles. The van der Waals surface area contributed by atoms with Gasteiger partial charge in [-0.3, -0.25) is 4.79 Å². The molecule has 0 aliphatic rings. The van der Waals surface area contributed by atoms with Crippen LogP contribution in [0.4, 0.5) is 10.1 Å². The molecule has 3 rings (SSSR count). The maximum absolute atomic E-state index is 13.9. The van der Waals surface area contributed by atoms with E-state index in [1.807, 2.05) is 6.07 Å². The Morgan fingerprint density at radius 2 is 1.91 bits per heavy atom. The van der Waals surface area contributed by atoms with Crippen LogP contribution in [0.1, 0.15) is 21.5 Å². The molecule has 0 saturated carbocycles. The third kappa shape index (κ3) is 6.09. The quantitative estimate of drug-likeness (QED) is 0.392. The topological polar surface area (TPSA) is 88.4 Å². The Hall–Kier alpha value is -3.83. The second-order valence-corrected chi connectivity index (χ2v) is 7.58. The minimum Gasteiger partial charge on any atom is -0.497 e. The summed E-state index contributed by atoms with van der Waals surface area (Å²) in [6.45, 7) is -0.310. The molecule has 0 radical (unpaired) electrons. The predicted molar refractivity (Wildman–Crippen MR) is 119 cm³/mol. The van der Waals surface area contributed by atoms with Crippen molar-refractivity contribution in [2.75, 3.05) is 18.2 Å². The van der Waals surface area contributed by atoms with Crippen LogP contribution in [0.5, 0.6) is 5.75 Å². The van der Waals surface area contributed by atoms with Crippen molar-refractivity contribution in [3.05, 3.63) is 89.2 Å². The van der Waals surface area contributed by atoms with Crippen molar-refractivity contribution in [2.24, 2.45) is 0 Å². The fourth-order valence-electron chi connectivity index (χ4n) is 2.78. The van der Waals surface area contributed by atoms with Crippen LogP contribution >= 0.6 is 11.8 Å². The number of rotatable bonds is 8. The number of benzene rings is 3. The Bertz CT molecular complexity index is 1180. The largest absolute Gasteiger partial charge is 0.497 e. The summed E-state index contributed by atoms with van der Waals surface area (Å²) < 4.78 is 24.3. The normalized spacial score (nSPS) is 10.2. The number of amides is 1. The second-order valence-electron chi connectivity index (χ2n) is 6.56. The molecule has 162 valence electrons. The Kier molecular flexibility index (Phi) is 7.84. The van der Waals surface area contributed by atoms with Gasteiger partial charge in [0.2, 0.25) is 5.91 Å². The summed E-state index contributed by atoms with van der Waals surface area (Å²) in [6, 6.07) is 19.5. The molecule has 0 aliphatic carbocycles. The fraction of sp³-hybridized carbons (Fsp3) is 0.125. The third-order valence-corrected chi connectivity index (χ3v) is 5.43. The number of hydrogen-bond donors (Lipinski definition) is 1. The van der Waals surface area contributed by atoms with Crippen molar-refractivity contribution in [3.8, 4) is 11.8 Å². The number of carbonyl (C=O) groups is 2. The van der Waals surface area contributed by atoms with Gasteiger partial charge in [0.15, 0.2) is 0 Å². The number of carbonyl (C=O) groups excluding carboxylic acids is 2. The van der Waals surface area contributed by atoms with Gasteiger partial charge in [-0.2, -0.15) is 5.26 Å². The summed E-state index contributed by atoms with van der Waals surface area (Å²) >= 11 is 1.18. The number of nitrogens with zero attached hydrogens (tertiary/aromatic N) is 1. The number of ether oxygens (including phenoxy) is 2. The molecule has 8 heteroatoms. The van der Waals surface area contributed by atoms with E-state index >= 15 is 0 Å². The molecule has 3 aromatic rings. The van der Waals surface area contributed by atoms with Crippen LogP contribution in [-0.4, -0.2) is 24.7 Å². The molecule has 0 fully saturated rings. The van der Waals surface area contributed by atoms with E-state index in [4.69, 9.17) is 14.7 Å². The minimum atomic E-state index is -0.650. The van der Waals surface area contributed by atoms with Gasteiger partial charge >= 0.3 is 5.97 Å². The molecule has 0 heterocycles. The standard InChI is InChI=1S/C24H19FN2O4S/c1-30-19-6-4-5-18(12-19)27-23(28)15-32-22-8-3-2-7-20(22)24(29)31-14-17-11-16(13-26)9-10-21(17)25/h2-12H,14-15H2,1H3,(H,27,28). The van der Waals surface area contributed by atoms with Gasteiger partial charge in [-0.05, 0) is 42.5 Å². The number of hydrogen-bond acceptors (Lipinski definition) is 6. The van der Waals surface area contributed by atoms with Crippen LogP contribution in [0, 0.1) is 17.1 Å². The van der Waals surface area contributed by atoms with Crippen LogP contribution in [0.3, 0.4) is 0 Å². The van der Waals surface area contributed by atoms with Crippen LogP contribution in [0.15, 0.2) is 71.6 Å².